The van der Waals surface area contributed by atoms with Gasteiger partial charge in [0.1, 0.15) is 17.4 Å². The van der Waals surface area contributed by atoms with Gasteiger partial charge in [-0.25, -0.2) is 4.98 Å². The number of amides is 1. The van der Waals surface area contributed by atoms with Gasteiger partial charge in [0.25, 0.3) is 0 Å². The number of nitrogens with zero attached hydrogens (tertiary/aromatic N) is 4. The van der Waals surface area contributed by atoms with Gasteiger partial charge in [0.05, 0.1) is 17.6 Å². The summed E-state index contributed by atoms with van der Waals surface area (Å²) in [6.45, 7) is 3.63. The molecule has 1 fully saturated rings. The van der Waals surface area contributed by atoms with Gasteiger partial charge < -0.3 is 9.47 Å². The molecular formula is C15H19ClN4O. The maximum atomic E-state index is 12.7. The minimum Gasteiger partial charge on any atom is -0.341 e. The number of carbonyl (C=O) groups excluding carboxylic acids is 1. The van der Waals surface area contributed by atoms with Crippen molar-refractivity contribution in [2.24, 2.45) is 0 Å². The molecule has 3 rings (SSSR count). The average Bonchev–Trinajstić information content (AvgIpc) is 2.92. The standard InChI is InChI=1S/C15H19ClN4O/c1-11(15(21)19-7-3-2-4-8-19)20-13-5-6-17-10-12(13)18-14(20)9-16/h5-6,10-11H,2-4,7-9H2,1H3. The van der Waals surface area contributed by atoms with Crippen LogP contribution in [0.2, 0.25) is 0 Å². The summed E-state index contributed by atoms with van der Waals surface area (Å²) in [7, 11) is 0. The van der Waals surface area contributed by atoms with Crippen molar-refractivity contribution in [3.8, 4) is 0 Å². The highest BCUT2D eigenvalue weighted by molar-refractivity contribution is 6.16. The van der Waals surface area contributed by atoms with E-state index in [1.807, 2.05) is 22.5 Å². The highest BCUT2D eigenvalue weighted by atomic mass is 35.5. The summed E-state index contributed by atoms with van der Waals surface area (Å²) in [6, 6.07) is 1.60. The number of piperidine rings is 1. The molecule has 0 spiro atoms. The van der Waals surface area contributed by atoms with E-state index in [4.69, 9.17) is 11.6 Å². The van der Waals surface area contributed by atoms with Gasteiger partial charge in [0, 0.05) is 19.3 Å². The number of hydrogen-bond donors (Lipinski definition) is 0. The van der Waals surface area contributed by atoms with Crippen LogP contribution in [-0.2, 0) is 10.7 Å². The SMILES string of the molecule is CC(C(=O)N1CCCCC1)n1c(CCl)nc2cnccc21. The number of fused-ring (bicyclic) bond motifs is 1. The third-order valence-corrected chi connectivity index (χ3v) is 4.34. The first-order valence-corrected chi connectivity index (χ1v) is 7.91. The third kappa shape index (κ3) is 2.62. The summed E-state index contributed by atoms with van der Waals surface area (Å²) in [6.07, 6.45) is 6.83. The Bertz CT molecular complexity index is 648. The number of likely N-dealkylation sites (tertiary alicyclic amines) is 1. The van der Waals surface area contributed by atoms with Crippen LogP contribution in [-0.4, -0.2) is 38.4 Å². The van der Waals surface area contributed by atoms with E-state index in [-0.39, 0.29) is 17.8 Å². The van der Waals surface area contributed by atoms with Gasteiger partial charge in [0.15, 0.2) is 0 Å². The number of hydrogen-bond acceptors (Lipinski definition) is 3. The summed E-state index contributed by atoms with van der Waals surface area (Å²) in [5.74, 6) is 1.15. The predicted octanol–water partition coefficient (Wildman–Crippen LogP) is 2.74. The highest BCUT2D eigenvalue weighted by Gasteiger charge is 2.26. The van der Waals surface area contributed by atoms with E-state index in [9.17, 15) is 4.79 Å². The molecule has 1 aliphatic rings. The molecular weight excluding hydrogens is 288 g/mol. The van der Waals surface area contributed by atoms with Gasteiger partial charge in [-0.1, -0.05) is 0 Å². The smallest absolute Gasteiger partial charge is 0.245 e. The Morgan fingerprint density at radius 1 is 1.38 bits per heavy atom. The Morgan fingerprint density at radius 3 is 2.86 bits per heavy atom. The van der Waals surface area contributed by atoms with Crippen molar-refractivity contribution in [2.75, 3.05) is 13.1 Å². The van der Waals surface area contributed by atoms with E-state index in [1.54, 1.807) is 12.4 Å². The molecule has 5 nitrogen and oxygen atoms in total. The van der Waals surface area contributed by atoms with Gasteiger partial charge >= 0.3 is 0 Å². The lowest BCUT2D eigenvalue weighted by Gasteiger charge is -2.30. The number of carbonyl (C=O) groups is 1. The fraction of sp³-hybridized carbons (Fsp3) is 0.533. The van der Waals surface area contributed by atoms with Crippen LogP contribution in [0.1, 0.15) is 38.1 Å². The molecule has 1 atom stereocenters. The number of halogens is 1. The van der Waals surface area contributed by atoms with Crippen molar-refractivity contribution < 1.29 is 4.79 Å². The fourth-order valence-electron chi connectivity index (χ4n) is 3.02. The average molecular weight is 307 g/mol. The van der Waals surface area contributed by atoms with Crippen molar-refractivity contribution in [3.63, 3.8) is 0 Å². The topological polar surface area (TPSA) is 51.0 Å². The van der Waals surface area contributed by atoms with Crippen molar-refractivity contribution in [2.45, 2.75) is 38.1 Å². The van der Waals surface area contributed by atoms with Crippen molar-refractivity contribution >= 4 is 28.5 Å². The molecule has 0 N–H and O–H groups in total. The van der Waals surface area contributed by atoms with Gasteiger partial charge in [-0.2, -0.15) is 0 Å². The molecule has 1 aliphatic heterocycles. The minimum absolute atomic E-state index is 0.150. The molecule has 0 bridgehead atoms. The number of pyridine rings is 1. The second-order valence-electron chi connectivity index (χ2n) is 5.46. The van der Waals surface area contributed by atoms with E-state index in [1.165, 1.54) is 6.42 Å². The largest absolute Gasteiger partial charge is 0.341 e. The van der Waals surface area contributed by atoms with Crippen LogP contribution in [0.25, 0.3) is 11.0 Å². The van der Waals surface area contributed by atoms with Crippen LogP contribution in [0.5, 0.6) is 0 Å². The van der Waals surface area contributed by atoms with Crippen molar-refractivity contribution in [1.82, 2.24) is 19.4 Å². The number of rotatable bonds is 3. The van der Waals surface area contributed by atoms with Crippen LogP contribution in [0.3, 0.4) is 0 Å². The third-order valence-electron chi connectivity index (χ3n) is 4.10. The molecule has 112 valence electrons. The van der Waals surface area contributed by atoms with Crippen molar-refractivity contribution in [1.29, 1.82) is 0 Å². The van der Waals surface area contributed by atoms with E-state index in [2.05, 4.69) is 9.97 Å². The molecule has 0 saturated carbocycles. The molecule has 2 aromatic heterocycles. The Labute approximate surface area is 128 Å². The first-order valence-electron chi connectivity index (χ1n) is 7.38. The first kappa shape index (κ1) is 14.3. The fourth-order valence-corrected chi connectivity index (χ4v) is 3.20. The number of alkyl halides is 1. The molecule has 21 heavy (non-hydrogen) atoms. The van der Waals surface area contributed by atoms with E-state index >= 15 is 0 Å². The normalized spacial score (nSPS) is 17.1. The van der Waals surface area contributed by atoms with E-state index in [0.717, 1.165) is 42.8 Å². The molecule has 0 radical (unpaired) electrons. The summed E-state index contributed by atoms with van der Waals surface area (Å²) >= 11 is 6.01. The quantitative estimate of drug-likeness (QED) is 0.819. The second-order valence-corrected chi connectivity index (χ2v) is 5.73. The first-order chi connectivity index (χ1) is 10.2. The zero-order valence-electron chi connectivity index (χ0n) is 12.1. The molecule has 1 amide bonds. The van der Waals surface area contributed by atoms with Crippen LogP contribution in [0.15, 0.2) is 18.5 Å². The lowest BCUT2D eigenvalue weighted by atomic mass is 10.1. The molecule has 3 heterocycles. The van der Waals surface area contributed by atoms with E-state index in [0.29, 0.717) is 0 Å². The molecule has 6 heteroatoms. The van der Waals surface area contributed by atoms with Crippen LogP contribution >= 0.6 is 11.6 Å². The Morgan fingerprint density at radius 2 is 2.14 bits per heavy atom. The maximum absolute atomic E-state index is 12.7. The molecule has 0 aromatic carbocycles. The van der Waals surface area contributed by atoms with Gasteiger partial charge in [-0.15, -0.1) is 11.6 Å². The molecule has 1 saturated heterocycles. The Balaban J connectivity index is 1.96. The van der Waals surface area contributed by atoms with Crippen molar-refractivity contribution in [3.05, 3.63) is 24.3 Å². The molecule has 2 aromatic rings. The number of imidazole rings is 1. The van der Waals surface area contributed by atoms with Crippen LogP contribution < -0.4 is 0 Å². The zero-order valence-corrected chi connectivity index (χ0v) is 12.9. The summed E-state index contributed by atoms with van der Waals surface area (Å²) in [4.78, 5) is 23.2. The van der Waals surface area contributed by atoms with Gasteiger partial charge in [-0.3, -0.25) is 9.78 Å². The summed E-state index contributed by atoms with van der Waals surface area (Å²) in [5, 5.41) is 0. The monoisotopic (exact) mass is 306 g/mol. The molecule has 1 unspecified atom stereocenters. The second kappa shape index (κ2) is 6.02. The number of aromatic nitrogens is 3. The Kier molecular flexibility index (Phi) is 4.10. The lowest BCUT2D eigenvalue weighted by Crippen LogP contribution is -2.40. The summed E-state index contributed by atoms with van der Waals surface area (Å²) < 4.78 is 1.95. The minimum atomic E-state index is -0.288. The predicted molar refractivity (Wildman–Crippen MR) is 82.2 cm³/mol. The van der Waals surface area contributed by atoms with Crippen LogP contribution in [0, 0.1) is 0 Å². The molecule has 0 aliphatic carbocycles. The van der Waals surface area contributed by atoms with Crippen LogP contribution in [0.4, 0.5) is 0 Å². The maximum Gasteiger partial charge on any atom is 0.245 e. The van der Waals surface area contributed by atoms with Gasteiger partial charge in [0.2, 0.25) is 5.91 Å². The van der Waals surface area contributed by atoms with Gasteiger partial charge in [-0.05, 0) is 32.3 Å². The lowest BCUT2D eigenvalue weighted by molar-refractivity contribution is -0.135. The highest BCUT2D eigenvalue weighted by Crippen LogP contribution is 2.24. The zero-order chi connectivity index (χ0) is 14.8. The summed E-state index contributed by atoms with van der Waals surface area (Å²) in [5.41, 5.74) is 1.70. The Hall–Kier alpha value is -1.62. The van der Waals surface area contributed by atoms with E-state index < -0.39 is 0 Å².